The third-order valence-corrected chi connectivity index (χ3v) is 1.69. The molecule has 1 atom stereocenters. The minimum atomic E-state index is -0.209. The van der Waals surface area contributed by atoms with E-state index in [1.54, 1.807) is 6.92 Å². The molecule has 0 aromatic heterocycles. The number of carbonyl (C=O) groups is 1. The number of guanidine groups is 1. The highest BCUT2D eigenvalue weighted by atomic mass is 16.6. The van der Waals surface area contributed by atoms with Gasteiger partial charge in [0.15, 0.2) is 0 Å². The number of nitrogens with one attached hydrogen (secondary N) is 1. The van der Waals surface area contributed by atoms with Crippen LogP contribution in [0.2, 0.25) is 0 Å². The molecule has 0 spiro atoms. The second-order valence-corrected chi connectivity index (χ2v) is 3.62. The van der Waals surface area contributed by atoms with Gasteiger partial charge in [-0.15, -0.1) is 0 Å². The van der Waals surface area contributed by atoms with E-state index in [0.717, 1.165) is 0 Å². The highest BCUT2D eigenvalue weighted by Crippen LogP contribution is 1.97. The molecule has 0 amide bonds. The van der Waals surface area contributed by atoms with Crippen molar-refractivity contribution in [3.63, 3.8) is 0 Å². The topological polar surface area (TPSA) is 103 Å². The Morgan fingerprint density at radius 2 is 1.88 bits per heavy atom. The molecule has 0 rings (SSSR count). The summed E-state index contributed by atoms with van der Waals surface area (Å²) >= 11 is 0. The summed E-state index contributed by atoms with van der Waals surface area (Å²) < 4.78 is 0. The molecule has 17 heavy (non-hydrogen) atoms. The molecule has 0 aliphatic carbocycles. The third-order valence-electron chi connectivity index (χ3n) is 1.69. The Kier molecular flexibility index (Phi) is 11.9. The van der Waals surface area contributed by atoms with Gasteiger partial charge >= 0.3 is 0 Å². The maximum atomic E-state index is 11.2. The summed E-state index contributed by atoms with van der Waals surface area (Å²) in [5.74, 6) is -0.0387. The van der Waals surface area contributed by atoms with Crippen molar-refractivity contribution in [2.45, 2.75) is 53.1 Å². The number of nitrogens with zero attached hydrogens (tertiary/aromatic N) is 1. The molecule has 6 nitrogen and oxygen atoms in total. The zero-order valence-corrected chi connectivity index (χ0v) is 11.5. The van der Waals surface area contributed by atoms with Gasteiger partial charge in [-0.3, -0.25) is 4.79 Å². The number of nitrogens with two attached hydrogens (primary N) is 2. The minimum absolute atomic E-state index is 0.0806. The fourth-order valence-electron chi connectivity index (χ4n) is 1.10. The Labute approximate surface area is 104 Å². The van der Waals surface area contributed by atoms with E-state index in [-0.39, 0.29) is 23.8 Å². The van der Waals surface area contributed by atoms with Crippen molar-refractivity contribution in [2.75, 3.05) is 6.61 Å². The fourth-order valence-corrected chi connectivity index (χ4v) is 1.10. The van der Waals surface area contributed by atoms with E-state index in [1.807, 2.05) is 27.7 Å². The van der Waals surface area contributed by atoms with E-state index in [4.69, 9.17) is 16.3 Å². The van der Waals surface area contributed by atoms with Gasteiger partial charge in [-0.05, 0) is 12.1 Å². The number of rotatable bonds is 7. The van der Waals surface area contributed by atoms with E-state index in [2.05, 4.69) is 10.5 Å². The molecule has 0 aliphatic rings. The summed E-state index contributed by atoms with van der Waals surface area (Å²) in [6.45, 7) is 9.81. The lowest BCUT2D eigenvalue weighted by Gasteiger charge is -2.17. The first-order chi connectivity index (χ1) is 7.93. The molecular weight excluding hydrogens is 220 g/mol. The van der Waals surface area contributed by atoms with Gasteiger partial charge in [-0.25, -0.2) is 0 Å². The van der Waals surface area contributed by atoms with Crippen molar-refractivity contribution in [3.8, 4) is 0 Å². The van der Waals surface area contributed by atoms with Crippen molar-refractivity contribution >= 4 is 11.7 Å². The summed E-state index contributed by atoms with van der Waals surface area (Å²) in [7, 11) is 0. The van der Waals surface area contributed by atoms with Crippen molar-refractivity contribution in [1.29, 1.82) is 0 Å². The normalized spacial score (nSPS) is 11.2. The van der Waals surface area contributed by atoms with Gasteiger partial charge in [0.25, 0.3) is 0 Å². The molecule has 0 heterocycles. The van der Waals surface area contributed by atoms with E-state index < -0.39 is 0 Å². The Morgan fingerprint density at radius 3 is 2.24 bits per heavy atom. The van der Waals surface area contributed by atoms with Crippen LogP contribution in [-0.4, -0.2) is 30.4 Å². The molecule has 0 bridgehead atoms. The maximum absolute atomic E-state index is 11.2. The molecule has 102 valence electrons. The molecule has 0 aliphatic heterocycles. The maximum Gasteiger partial charge on any atom is 0.228 e. The van der Waals surface area contributed by atoms with Crippen LogP contribution in [0.15, 0.2) is 5.16 Å². The largest absolute Gasteiger partial charge is 0.393 e. The Morgan fingerprint density at radius 1 is 1.35 bits per heavy atom. The molecule has 0 saturated carbocycles. The minimum Gasteiger partial charge on any atom is -0.393 e. The lowest BCUT2D eigenvalue weighted by Crippen LogP contribution is -2.40. The highest BCUT2D eigenvalue weighted by molar-refractivity contribution is 5.81. The summed E-state index contributed by atoms with van der Waals surface area (Å²) in [6.07, 6.45) is 0.546. The quantitative estimate of drug-likeness (QED) is 0.264. The van der Waals surface area contributed by atoms with E-state index in [0.29, 0.717) is 13.0 Å². The van der Waals surface area contributed by atoms with Crippen molar-refractivity contribution in [2.24, 2.45) is 16.6 Å². The number of hydrogen-bond donors (Lipinski definition) is 3. The Bertz CT molecular complexity index is 226. The number of hydrogen-bond acceptors (Lipinski definition) is 4. The van der Waals surface area contributed by atoms with Crippen LogP contribution < -0.4 is 16.8 Å². The second-order valence-electron chi connectivity index (χ2n) is 3.62. The first-order valence-corrected chi connectivity index (χ1v) is 5.91. The number of ketones is 1. The van der Waals surface area contributed by atoms with Crippen LogP contribution in [0.4, 0.5) is 0 Å². The molecule has 6 heteroatoms. The van der Waals surface area contributed by atoms with Crippen LogP contribution in [0.5, 0.6) is 0 Å². The van der Waals surface area contributed by atoms with Crippen LogP contribution in [0.1, 0.15) is 41.0 Å². The van der Waals surface area contributed by atoms with Crippen LogP contribution in [0.25, 0.3) is 0 Å². The molecular formula is C11H26N4O2. The van der Waals surface area contributed by atoms with E-state index in [9.17, 15) is 4.79 Å². The molecule has 5 N–H and O–H groups in total. The number of oxime groups is 1. The predicted molar refractivity (Wildman–Crippen MR) is 70.5 cm³/mol. The van der Waals surface area contributed by atoms with Gasteiger partial charge in [0.1, 0.15) is 12.4 Å². The van der Waals surface area contributed by atoms with E-state index >= 15 is 0 Å². The molecule has 1 unspecified atom stereocenters. The van der Waals surface area contributed by atoms with Crippen LogP contribution in [0.3, 0.4) is 0 Å². The van der Waals surface area contributed by atoms with Gasteiger partial charge in [-0.2, -0.15) is 0 Å². The second kappa shape index (κ2) is 11.2. The number of Topliss-reactive ketones (excluding diaryl/α,β-unsaturated/α-hetero) is 1. The average molecular weight is 246 g/mol. The van der Waals surface area contributed by atoms with Crippen LogP contribution >= 0.6 is 0 Å². The lowest BCUT2D eigenvalue weighted by atomic mass is 10.1. The van der Waals surface area contributed by atoms with Gasteiger partial charge in [0, 0.05) is 12.5 Å². The van der Waals surface area contributed by atoms with Crippen molar-refractivity contribution in [3.05, 3.63) is 0 Å². The van der Waals surface area contributed by atoms with Gasteiger partial charge in [0.05, 0.1) is 6.04 Å². The summed E-state index contributed by atoms with van der Waals surface area (Å²) in [6, 6.07) is 0.0428. The lowest BCUT2D eigenvalue weighted by molar-refractivity contribution is -0.119. The smallest absolute Gasteiger partial charge is 0.228 e. The van der Waals surface area contributed by atoms with Crippen LogP contribution in [-0.2, 0) is 9.63 Å². The zero-order chi connectivity index (χ0) is 13.8. The average Bonchev–Trinajstić information content (AvgIpc) is 2.24. The first-order valence-electron chi connectivity index (χ1n) is 5.91. The summed E-state index contributed by atoms with van der Waals surface area (Å²) in [5.41, 5.74) is 10.1. The molecule has 0 saturated heterocycles. The zero-order valence-electron chi connectivity index (χ0n) is 11.5. The van der Waals surface area contributed by atoms with Crippen molar-refractivity contribution < 1.29 is 9.63 Å². The number of carbonyl (C=O) groups excluding carboxylic acids is 1. The first kappa shape index (κ1) is 18.1. The monoisotopic (exact) mass is 246 g/mol. The van der Waals surface area contributed by atoms with Gasteiger partial charge in [0.2, 0.25) is 5.96 Å². The SMILES string of the molecule is CC.CC(=O)C(CCON=C(N)N)NC(C)C. The van der Waals surface area contributed by atoms with Crippen molar-refractivity contribution in [1.82, 2.24) is 5.32 Å². The molecule has 0 aromatic rings. The van der Waals surface area contributed by atoms with Gasteiger partial charge < -0.3 is 21.6 Å². The molecule has 0 radical (unpaired) electrons. The standard InChI is InChI=1S/C9H20N4O2.C2H6/c1-6(2)12-8(7(3)14)4-5-15-13-9(10)11;1-2/h6,8,12H,4-5H2,1-3H3,(H4,10,11,13);1-2H3. The fraction of sp³-hybridized carbons (Fsp3) is 0.818. The Hall–Kier alpha value is -1.30. The summed E-state index contributed by atoms with van der Waals surface area (Å²) in [5, 5.41) is 6.50. The molecule has 0 fully saturated rings. The summed E-state index contributed by atoms with van der Waals surface area (Å²) in [4.78, 5) is 16.0. The Balaban J connectivity index is 0. The highest BCUT2D eigenvalue weighted by Gasteiger charge is 2.14. The third kappa shape index (κ3) is 12.6. The predicted octanol–water partition coefficient (Wildman–Crippen LogP) is 0.563. The van der Waals surface area contributed by atoms with Crippen LogP contribution in [0, 0.1) is 0 Å². The van der Waals surface area contributed by atoms with E-state index in [1.165, 1.54) is 0 Å². The van der Waals surface area contributed by atoms with Gasteiger partial charge in [-0.1, -0.05) is 27.7 Å². The molecule has 0 aromatic carbocycles.